The largest absolute Gasteiger partial charge is 0.319 e. The Morgan fingerprint density at radius 3 is 2.62 bits per heavy atom. The molecular formula is C11H11Cl2N3. The lowest BCUT2D eigenvalue weighted by atomic mass is 10.1. The number of rotatable bonds is 2. The van der Waals surface area contributed by atoms with Crippen molar-refractivity contribution in [2.24, 2.45) is 12.8 Å². The third kappa shape index (κ3) is 2.21. The number of aryl methyl sites for hydroxylation is 1. The molecule has 1 aromatic heterocycles. The highest BCUT2D eigenvalue weighted by Gasteiger charge is 2.14. The molecule has 16 heavy (non-hydrogen) atoms. The van der Waals surface area contributed by atoms with Crippen LogP contribution in [-0.2, 0) is 7.05 Å². The van der Waals surface area contributed by atoms with E-state index in [2.05, 4.69) is 5.10 Å². The fourth-order valence-corrected chi connectivity index (χ4v) is 2.04. The van der Waals surface area contributed by atoms with E-state index in [1.165, 1.54) is 0 Å². The van der Waals surface area contributed by atoms with Gasteiger partial charge in [0.2, 0.25) is 0 Å². The molecule has 1 unspecified atom stereocenters. The van der Waals surface area contributed by atoms with Gasteiger partial charge in [0.15, 0.2) is 0 Å². The first-order valence-corrected chi connectivity index (χ1v) is 5.53. The summed E-state index contributed by atoms with van der Waals surface area (Å²) in [5.41, 5.74) is 7.69. The van der Waals surface area contributed by atoms with Crippen LogP contribution in [0.5, 0.6) is 0 Å². The molecule has 2 aromatic rings. The van der Waals surface area contributed by atoms with Gasteiger partial charge in [-0.1, -0.05) is 29.3 Å². The fraction of sp³-hybridized carbons (Fsp3) is 0.182. The smallest absolute Gasteiger partial charge is 0.0837 e. The van der Waals surface area contributed by atoms with Gasteiger partial charge in [-0.05, 0) is 23.8 Å². The van der Waals surface area contributed by atoms with E-state index in [9.17, 15) is 0 Å². The number of hydrogen-bond acceptors (Lipinski definition) is 2. The molecule has 1 heterocycles. The molecule has 0 aliphatic rings. The van der Waals surface area contributed by atoms with Gasteiger partial charge in [-0.3, -0.25) is 4.68 Å². The molecule has 84 valence electrons. The second-order valence-corrected chi connectivity index (χ2v) is 4.40. The van der Waals surface area contributed by atoms with Crippen LogP contribution in [-0.4, -0.2) is 9.78 Å². The summed E-state index contributed by atoms with van der Waals surface area (Å²) in [5, 5.41) is 5.41. The van der Waals surface area contributed by atoms with Gasteiger partial charge < -0.3 is 5.73 Å². The van der Waals surface area contributed by atoms with Crippen molar-refractivity contribution < 1.29 is 0 Å². The van der Waals surface area contributed by atoms with Crippen LogP contribution >= 0.6 is 23.2 Å². The van der Waals surface area contributed by atoms with Crippen molar-refractivity contribution in [3.8, 4) is 0 Å². The molecule has 0 bridgehead atoms. The average molecular weight is 256 g/mol. The summed E-state index contributed by atoms with van der Waals surface area (Å²) in [5.74, 6) is 0. The van der Waals surface area contributed by atoms with Crippen molar-refractivity contribution in [3.63, 3.8) is 0 Å². The summed E-state index contributed by atoms with van der Waals surface area (Å²) in [4.78, 5) is 0. The Kier molecular flexibility index (Phi) is 3.19. The van der Waals surface area contributed by atoms with E-state index in [1.807, 2.05) is 25.4 Å². The molecule has 0 fully saturated rings. The molecule has 0 radical (unpaired) electrons. The number of nitrogens with two attached hydrogens (primary N) is 1. The molecule has 0 aliphatic carbocycles. The second kappa shape index (κ2) is 4.45. The van der Waals surface area contributed by atoms with Crippen molar-refractivity contribution in [2.45, 2.75) is 6.04 Å². The van der Waals surface area contributed by atoms with Gasteiger partial charge in [-0.15, -0.1) is 0 Å². The van der Waals surface area contributed by atoms with Gasteiger partial charge in [0.1, 0.15) is 0 Å². The molecular weight excluding hydrogens is 245 g/mol. The Morgan fingerprint density at radius 1 is 1.31 bits per heavy atom. The number of nitrogens with zero attached hydrogens (tertiary/aromatic N) is 2. The zero-order valence-electron chi connectivity index (χ0n) is 8.69. The number of aromatic nitrogens is 2. The predicted octanol–water partition coefficient (Wildman–Crippen LogP) is 2.78. The Labute approximate surface area is 104 Å². The first-order valence-electron chi connectivity index (χ1n) is 4.78. The normalized spacial score (nSPS) is 12.8. The minimum atomic E-state index is -0.328. The van der Waals surface area contributed by atoms with E-state index < -0.39 is 0 Å². The van der Waals surface area contributed by atoms with Gasteiger partial charge in [0, 0.05) is 23.3 Å². The minimum Gasteiger partial charge on any atom is -0.319 e. The fourth-order valence-electron chi connectivity index (χ4n) is 1.51. The van der Waals surface area contributed by atoms with Crippen molar-refractivity contribution in [1.82, 2.24) is 9.78 Å². The molecule has 0 saturated heterocycles. The molecule has 5 heteroatoms. The molecule has 0 saturated carbocycles. The van der Waals surface area contributed by atoms with Crippen LogP contribution in [0.1, 0.15) is 17.3 Å². The monoisotopic (exact) mass is 255 g/mol. The van der Waals surface area contributed by atoms with E-state index in [1.54, 1.807) is 16.8 Å². The third-order valence-electron chi connectivity index (χ3n) is 2.35. The highest BCUT2D eigenvalue weighted by atomic mass is 35.5. The quantitative estimate of drug-likeness (QED) is 0.897. The van der Waals surface area contributed by atoms with Gasteiger partial charge in [-0.25, -0.2) is 0 Å². The first-order chi connectivity index (χ1) is 7.58. The van der Waals surface area contributed by atoms with Gasteiger partial charge in [0.05, 0.1) is 11.7 Å². The summed E-state index contributed by atoms with van der Waals surface area (Å²) in [6, 6.07) is 6.82. The second-order valence-electron chi connectivity index (χ2n) is 3.56. The van der Waals surface area contributed by atoms with E-state index in [-0.39, 0.29) is 6.04 Å². The lowest BCUT2D eigenvalue weighted by Gasteiger charge is -2.11. The lowest BCUT2D eigenvalue weighted by Crippen LogP contribution is -2.13. The highest BCUT2D eigenvalue weighted by molar-refractivity contribution is 6.35. The van der Waals surface area contributed by atoms with E-state index in [0.717, 1.165) is 11.3 Å². The van der Waals surface area contributed by atoms with Crippen LogP contribution in [0.4, 0.5) is 0 Å². The maximum Gasteiger partial charge on any atom is 0.0837 e. The van der Waals surface area contributed by atoms with Crippen LogP contribution in [0.15, 0.2) is 30.5 Å². The van der Waals surface area contributed by atoms with Crippen LogP contribution < -0.4 is 5.73 Å². The third-order valence-corrected chi connectivity index (χ3v) is 2.91. The Bertz CT molecular complexity index is 508. The molecule has 0 amide bonds. The highest BCUT2D eigenvalue weighted by Crippen LogP contribution is 2.27. The minimum absolute atomic E-state index is 0.328. The van der Waals surface area contributed by atoms with E-state index >= 15 is 0 Å². The topological polar surface area (TPSA) is 43.8 Å². The Hall–Kier alpha value is -1.03. The predicted molar refractivity (Wildman–Crippen MR) is 65.7 cm³/mol. The Balaban J connectivity index is 2.37. The summed E-state index contributed by atoms with van der Waals surface area (Å²) in [6.07, 6.45) is 1.85. The first kappa shape index (κ1) is 11.5. The van der Waals surface area contributed by atoms with Crippen LogP contribution in [0, 0.1) is 0 Å². The van der Waals surface area contributed by atoms with Gasteiger partial charge in [-0.2, -0.15) is 5.10 Å². The average Bonchev–Trinajstić information content (AvgIpc) is 2.64. The van der Waals surface area contributed by atoms with Crippen molar-refractivity contribution in [1.29, 1.82) is 0 Å². The van der Waals surface area contributed by atoms with Crippen molar-refractivity contribution in [3.05, 3.63) is 51.8 Å². The van der Waals surface area contributed by atoms with Crippen molar-refractivity contribution in [2.75, 3.05) is 0 Å². The molecule has 1 atom stereocenters. The van der Waals surface area contributed by atoms with E-state index in [0.29, 0.717) is 10.0 Å². The number of benzene rings is 1. The molecule has 2 N–H and O–H groups in total. The number of hydrogen-bond donors (Lipinski definition) is 1. The van der Waals surface area contributed by atoms with Crippen LogP contribution in [0.25, 0.3) is 0 Å². The molecule has 2 rings (SSSR count). The van der Waals surface area contributed by atoms with Gasteiger partial charge >= 0.3 is 0 Å². The maximum absolute atomic E-state index is 6.08. The summed E-state index contributed by atoms with van der Waals surface area (Å²) < 4.78 is 1.71. The summed E-state index contributed by atoms with van der Waals surface area (Å²) >= 11 is 11.9. The zero-order valence-corrected chi connectivity index (χ0v) is 10.2. The maximum atomic E-state index is 6.08. The lowest BCUT2D eigenvalue weighted by molar-refractivity contribution is 0.716. The Morgan fingerprint density at radius 2 is 2.06 bits per heavy atom. The molecule has 3 nitrogen and oxygen atoms in total. The van der Waals surface area contributed by atoms with E-state index in [4.69, 9.17) is 28.9 Å². The molecule has 0 spiro atoms. The summed E-state index contributed by atoms with van der Waals surface area (Å²) in [7, 11) is 1.85. The number of halogens is 2. The molecule has 0 aliphatic heterocycles. The van der Waals surface area contributed by atoms with Gasteiger partial charge in [0.25, 0.3) is 0 Å². The van der Waals surface area contributed by atoms with Crippen molar-refractivity contribution >= 4 is 23.2 Å². The SMILES string of the molecule is Cn1ccc(C(N)c2ccc(Cl)cc2Cl)n1. The standard InChI is InChI=1S/C11H11Cl2N3/c1-16-5-4-10(15-16)11(14)8-3-2-7(12)6-9(8)13/h2-6,11H,14H2,1H3. The zero-order chi connectivity index (χ0) is 11.7. The van der Waals surface area contributed by atoms with Crippen LogP contribution in [0.2, 0.25) is 10.0 Å². The van der Waals surface area contributed by atoms with Crippen LogP contribution in [0.3, 0.4) is 0 Å². The molecule has 1 aromatic carbocycles. The summed E-state index contributed by atoms with van der Waals surface area (Å²) in [6.45, 7) is 0.